The minimum atomic E-state index is -1.03. The highest BCUT2D eigenvalue weighted by Gasteiger charge is 2.17. The molecule has 0 heterocycles. The van der Waals surface area contributed by atoms with Gasteiger partial charge in [0.05, 0.1) is 23.8 Å². The molecular weight excluding hydrogens is 258 g/mol. The van der Waals surface area contributed by atoms with E-state index >= 15 is 0 Å². The Labute approximate surface area is 117 Å². The maximum absolute atomic E-state index is 11.6. The third-order valence-corrected chi connectivity index (χ3v) is 2.53. The number of benzene rings is 1. The van der Waals surface area contributed by atoms with Crippen LogP contribution >= 0.6 is 0 Å². The van der Waals surface area contributed by atoms with Gasteiger partial charge in [-0.25, -0.2) is 0 Å². The molecule has 1 atom stereocenters. The molecule has 20 heavy (non-hydrogen) atoms. The van der Waals surface area contributed by atoms with Crippen LogP contribution in [0.1, 0.15) is 43.9 Å². The lowest BCUT2D eigenvalue weighted by Gasteiger charge is -2.11. The summed E-state index contributed by atoms with van der Waals surface area (Å²) in [6, 6.07) is 8.35. The first kappa shape index (κ1) is 15.9. The molecule has 1 unspecified atom stereocenters. The van der Waals surface area contributed by atoms with E-state index in [0.717, 1.165) is 0 Å². The second-order valence-corrected chi connectivity index (χ2v) is 4.71. The van der Waals surface area contributed by atoms with Gasteiger partial charge in [0, 0.05) is 6.42 Å². The van der Waals surface area contributed by atoms with Crippen LogP contribution in [0.2, 0.25) is 0 Å². The zero-order valence-corrected chi connectivity index (χ0v) is 11.5. The van der Waals surface area contributed by atoms with Crippen LogP contribution in [0.25, 0.3) is 0 Å². The molecule has 1 aromatic carbocycles. The maximum Gasteiger partial charge on any atom is 0.313 e. The highest BCUT2D eigenvalue weighted by molar-refractivity contribution is 5.95. The van der Waals surface area contributed by atoms with E-state index in [4.69, 9.17) is 10.00 Å². The smallest absolute Gasteiger partial charge is 0.313 e. The van der Waals surface area contributed by atoms with Crippen molar-refractivity contribution in [3.8, 4) is 6.07 Å². The van der Waals surface area contributed by atoms with Crippen molar-refractivity contribution in [1.29, 1.82) is 5.26 Å². The van der Waals surface area contributed by atoms with E-state index in [1.807, 2.05) is 6.07 Å². The molecule has 0 aliphatic heterocycles. The van der Waals surface area contributed by atoms with Gasteiger partial charge in [0.1, 0.15) is 12.2 Å². The third-order valence-electron chi connectivity index (χ3n) is 2.53. The second-order valence-electron chi connectivity index (χ2n) is 4.71. The average Bonchev–Trinajstić information content (AvgIpc) is 2.37. The molecule has 0 fully saturated rings. The quantitative estimate of drug-likeness (QED) is 0.632. The molecule has 1 aromatic rings. The molecule has 1 rings (SSSR count). The first-order valence-corrected chi connectivity index (χ1v) is 6.31. The Morgan fingerprint density at radius 1 is 1.40 bits per heavy atom. The molecule has 106 valence electrons. The van der Waals surface area contributed by atoms with Crippen molar-refractivity contribution < 1.29 is 19.4 Å². The minimum Gasteiger partial charge on any atom is -0.463 e. The van der Waals surface area contributed by atoms with E-state index in [-0.39, 0.29) is 18.9 Å². The summed E-state index contributed by atoms with van der Waals surface area (Å²) < 4.78 is 4.86. The van der Waals surface area contributed by atoms with E-state index in [1.54, 1.807) is 32.0 Å². The van der Waals surface area contributed by atoms with Gasteiger partial charge in [-0.05, 0) is 31.5 Å². The van der Waals surface area contributed by atoms with Crippen molar-refractivity contribution in [2.45, 2.75) is 38.9 Å². The third kappa shape index (κ3) is 5.21. The van der Waals surface area contributed by atoms with E-state index in [0.29, 0.717) is 11.1 Å². The number of aliphatic hydroxyl groups excluding tert-OH is 1. The fourth-order valence-electron chi connectivity index (χ4n) is 1.69. The van der Waals surface area contributed by atoms with Crippen LogP contribution in [-0.4, -0.2) is 23.0 Å². The zero-order valence-electron chi connectivity index (χ0n) is 11.5. The summed E-state index contributed by atoms with van der Waals surface area (Å²) in [6.07, 6.45) is -1.83. The van der Waals surface area contributed by atoms with Crippen molar-refractivity contribution >= 4 is 11.8 Å². The van der Waals surface area contributed by atoms with Crippen molar-refractivity contribution in [3.05, 3.63) is 35.4 Å². The van der Waals surface area contributed by atoms with Gasteiger partial charge >= 0.3 is 5.97 Å². The van der Waals surface area contributed by atoms with Gasteiger partial charge in [0.15, 0.2) is 0 Å². The average molecular weight is 275 g/mol. The predicted molar refractivity (Wildman–Crippen MR) is 71.6 cm³/mol. The van der Waals surface area contributed by atoms with Crippen molar-refractivity contribution in [1.82, 2.24) is 0 Å². The number of rotatable bonds is 6. The van der Waals surface area contributed by atoms with E-state index in [1.165, 1.54) is 6.07 Å². The number of nitriles is 1. The van der Waals surface area contributed by atoms with Gasteiger partial charge < -0.3 is 9.84 Å². The molecule has 0 spiro atoms. The summed E-state index contributed by atoms with van der Waals surface area (Å²) in [5.41, 5.74) is 0.892. The summed E-state index contributed by atoms with van der Waals surface area (Å²) in [7, 11) is 0. The Bertz CT molecular complexity index is 531. The van der Waals surface area contributed by atoms with E-state index in [9.17, 15) is 14.7 Å². The minimum absolute atomic E-state index is 0.178. The topological polar surface area (TPSA) is 87.4 Å². The van der Waals surface area contributed by atoms with Crippen molar-refractivity contribution in [3.63, 3.8) is 0 Å². The SMILES string of the molecule is CC(C)OC(=O)CC(=O)CC(O)c1cccc(C#N)c1. The zero-order chi connectivity index (χ0) is 15.1. The van der Waals surface area contributed by atoms with Gasteiger partial charge in [-0.15, -0.1) is 0 Å². The molecule has 0 bridgehead atoms. The van der Waals surface area contributed by atoms with Crippen LogP contribution in [-0.2, 0) is 14.3 Å². The van der Waals surface area contributed by atoms with Crippen molar-refractivity contribution in [2.24, 2.45) is 0 Å². The number of hydrogen-bond donors (Lipinski definition) is 1. The standard InChI is InChI=1S/C15H17NO4/c1-10(2)20-15(19)8-13(17)7-14(18)12-5-3-4-11(6-12)9-16/h3-6,10,14,18H,7-8H2,1-2H3. The molecule has 0 aliphatic carbocycles. The van der Waals surface area contributed by atoms with Gasteiger partial charge in [-0.2, -0.15) is 5.26 Å². The molecule has 0 aromatic heterocycles. The Morgan fingerprint density at radius 2 is 2.10 bits per heavy atom. The fourth-order valence-corrected chi connectivity index (χ4v) is 1.69. The van der Waals surface area contributed by atoms with Gasteiger partial charge in [-0.1, -0.05) is 12.1 Å². The number of hydrogen-bond acceptors (Lipinski definition) is 5. The molecule has 0 saturated heterocycles. The normalized spacial score (nSPS) is 11.8. The molecule has 5 nitrogen and oxygen atoms in total. The monoisotopic (exact) mass is 275 g/mol. The van der Waals surface area contributed by atoms with Crippen LogP contribution in [0.15, 0.2) is 24.3 Å². The fraction of sp³-hybridized carbons (Fsp3) is 0.400. The van der Waals surface area contributed by atoms with Crippen molar-refractivity contribution in [2.75, 3.05) is 0 Å². The highest BCUT2D eigenvalue weighted by Crippen LogP contribution is 2.18. The summed E-state index contributed by atoms with van der Waals surface area (Å²) >= 11 is 0. The lowest BCUT2D eigenvalue weighted by molar-refractivity contribution is -0.149. The van der Waals surface area contributed by atoms with Crippen LogP contribution in [0.5, 0.6) is 0 Å². The first-order valence-electron chi connectivity index (χ1n) is 6.31. The Kier molecular flexibility index (Phi) is 5.88. The lowest BCUT2D eigenvalue weighted by Crippen LogP contribution is -2.17. The van der Waals surface area contributed by atoms with Gasteiger partial charge in [0.2, 0.25) is 0 Å². The van der Waals surface area contributed by atoms with Crippen LogP contribution in [0.4, 0.5) is 0 Å². The number of aliphatic hydroxyl groups is 1. The predicted octanol–water partition coefficient (Wildman–Crippen LogP) is 1.89. The second kappa shape index (κ2) is 7.41. The summed E-state index contributed by atoms with van der Waals surface area (Å²) in [6.45, 7) is 3.40. The molecular formula is C15H17NO4. The van der Waals surface area contributed by atoms with Gasteiger partial charge in [-0.3, -0.25) is 9.59 Å². The number of Topliss-reactive ketones (excluding diaryl/α,β-unsaturated/α-hetero) is 1. The van der Waals surface area contributed by atoms with Crippen LogP contribution < -0.4 is 0 Å². The molecule has 5 heteroatoms. The molecule has 0 saturated carbocycles. The number of carbonyl (C=O) groups excluding carboxylic acids is 2. The maximum atomic E-state index is 11.6. The Morgan fingerprint density at radius 3 is 2.70 bits per heavy atom. The molecule has 0 amide bonds. The number of ether oxygens (including phenoxy) is 1. The molecule has 0 aliphatic rings. The Hall–Kier alpha value is -2.19. The number of ketones is 1. The van der Waals surface area contributed by atoms with Crippen LogP contribution in [0.3, 0.4) is 0 Å². The number of esters is 1. The van der Waals surface area contributed by atoms with E-state index in [2.05, 4.69) is 0 Å². The summed E-state index contributed by atoms with van der Waals surface area (Å²) in [5.74, 6) is -0.992. The van der Waals surface area contributed by atoms with E-state index < -0.39 is 17.9 Å². The summed E-state index contributed by atoms with van der Waals surface area (Å²) in [4.78, 5) is 23.0. The highest BCUT2D eigenvalue weighted by atomic mass is 16.5. The molecule has 1 N–H and O–H groups in total. The first-order chi connectivity index (χ1) is 9.42. The number of nitrogens with zero attached hydrogens (tertiary/aromatic N) is 1. The lowest BCUT2D eigenvalue weighted by atomic mass is 10.0. The largest absolute Gasteiger partial charge is 0.463 e. The summed E-state index contributed by atoms with van der Waals surface area (Å²) in [5, 5.41) is 18.7. The van der Waals surface area contributed by atoms with Crippen LogP contribution in [0, 0.1) is 11.3 Å². The number of carbonyl (C=O) groups is 2. The molecule has 0 radical (unpaired) electrons. The van der Waals surface area contributed by atoms with Gasteiger partial charge in [0.25, 0.3) is 0 Å². The Balaban J connectivity index is 2.57.